The molecule has 0 unspecified atom stereocenters. The number of nitrogens with one attached hydrogen (secondary N) is 2. The van der Waals surface area contributed by atoms with E-state index < -0.39 is 35.6 Å². The summed E-state index contributed by atoms with van der Waals surface area (Å²) in [6, 6.07) is 5.65. The number of aromatic nitrogens is 4. The number of rotatable bonds is 23. The Balaban J connectivity index is 1.52. The van der Waals surface area contributed by atoms with Gasteiger partial charge in [0.2, 0.25) is 17.8 Å². The van der Waals surface area contributed by atoms with Gasteiger partial charge in [0.05, 0.1) is 43.0 Å². The molecule has 2 aromatic carbocycles. The van der Waals surface area contributed by atoms with Gasteiger partial charge in [0, 0.05) is 76.3 Å². The normalized spacial score (nSPS) is 13.4. The Kier molecular flexibility index (Phi) is 17.9. The first-order valence-electron chi connectivity index (χ1n) is 22.0. The molecule has 23 heteroatoms. The number of carbonyl (C=O) groups is 7. The summed E-state index contributed by atoms with van der Waals surface area (Å²) < 4.78 is 20.1. The molecular formula is C47H56N12O11. The molecule has 4 aromatic rings. The molecule has 0 bridgehead atoms. The third-order valence-corrected chi connectivity index (χ3v) is 10.3. The van der Waals surface area contributed by atoms with E-state index in [0.29, 0.717) is 40.9 Å². The number of allylic oxidation sites excluding steroid dienone is 4. The van der Waals surface area contributed by atoms with E-state index in [9.17, 15) is 38.7 Å². The molecule has 2 aromatic heterocycles. The van der Waals surface area contributed by atoms with Gasteiger partial charge in [-0.3, -0.25) is 49.5 Å². The van der Waals surface area contributed by atoms with Crippen molar-refractivity contribution in [2.45, 2.75) is 53.6 Å². The monoisotopic (exact) mass is 964 g/mol. The molecule has 5 rings (SSSR count). The van der Waals surface area contributed by atoms with Gasteiger partial charge in [-0.05, 0) is 70.5 Å². The van der Waals surface area contributed by atoms with Crippen molar-refractivity contribution >= 4 is 86.9 Å². The number of anilines is 2. The largest absolute Gasteiger partial charge is 0.494 e. The van der Waals surface area contributed by atoms with Crippen molar-refractivity contribution in [2.75, 3.05) is 64.7 Å². The third-order valence-electron chi connectivity index (χ3n) is 10.3. The molecule has 0 radical (unpaired) electrons. The topological polar surface area (TPSA) is 310 Å². The van der Waals surface area contributed by atoms with Crippen LogP contribution in [0, 0.1) is 0 Å². The molecule has 0 saturated carbocycles. The lowest BCUT2D eigenvalue weighted by molar-refractivity contribution is -0.138. The fourth-order valence-electron chi connectivity index (χ4n) is 7.12. The number of aromatic carboxylic acids is 1. The van der Waals surface area contributed by atoms with Gasteiger partial charge in [-0.25, -0.2) is 19.6 Å². The highest BCUT2D eigenvalue weighted by Gasteiger charge is 2.26. The zero-order valence-corrected chi connectivity index (χ0v) is 39.9. The van der Waals surface area contributed by atoms with E-state index in [2.05, 4.69) is 30.6 Å². The van der Waals surface area contributed by atoms with Crippen LogP contribution >= 0.6 is 0 Å². The van der Waals surface area contributed by atoms with E-state index in [0.717, 1.165) is 17.1 Å². The molecule has 1 aliphatic heterocycles. The number of hydrogen-bond acceptors (Lipinski definition) is 16. The average Bonchev–Trinajstić information content (AvgIpc) is 3.96. The van der Waals surface area contributed by atoms with Crippen molar-refractivity contribution in [3.05, 3.63) is 83.2 Å². The zero-order valence-electron chi connectivity index (χ0n) is 39.9. The van der Waals surface area contributed by atoms with Crippen LogP contribution < -0.4 is 31.6 Å². The van der Waals surface area contributed by atoms with Crippen LogP contribution in [0.25, 0.3) is 22.1 Å². The first-order valence-corrected chi connectivity index (χ1v) is 22.0. The molecule has 7 N–H and O–H groups in total. The Morgan fingerprint density at radius 1 is 0.786 bits per heavy atom. The van der Waals surface area contributed by atoms with Crippen LogP contribution in [0.4, 0.5) is 11.9 Å². The molecule has 0 spiro atoms. The molecule has 3 heterocycles. The van der Waals surface area contributed by atoms with Crippen LogP contribution in [0.2, 0.25) is 0 Å². The average molecular weight is 965 g/mol. The van der Waals surface area contributed by atoms with E-state index in [1.807, 2.05) is 0 Å². The van der Waals surface area contributed by atoms with Gasteiger partial charge in [-0.1, -0.05) is 12.2 Å². The lowest BCUT2D eigenvalue weighted by Gasteiger charge is -2.19. The fraction of sp³-hybridized carbons (Fsp3) is 0.340. The number of carboxylic acid groups (broad SMARTS) is 1. The zero-order chi connectivity index (χ0) is 51.2. The number of amides is 5. The van der Waals surface area contributed by atoms with E-state index in [1.54, 1.807) is 56.0 Å². The summed E-state index contributed by atoms with van der Waals surface area (Å²) in [5.74, 6) is -4.02. The number of hydrogen-bond donors (Lipinski definition) is 5. The number of imidazole rings is 2. The number of fused-ring (bicyclic) bond motifs is 2. The van der Waals surface area contributed by atoms with Crippen molar-refractivity contribution in [2.24, 2.45) is 21.5 Å². The van der Waals surface area contributed by atoms with Gasteiger partial charge < -0.3 is 44.8 Å². The molecule has 70 heavy (non-hydrogen) atoms. The maximum atomic E-state index is 13.7. The highest BCUT2D eigenvalue weighted by molar-refractivity contribution is 6.47. The van der Waals surface area contributed by atoms with E-state index in [1.165, 1.54) is 55.5 Å². The second-order valence-electron chi connectivity index (χ2n) is 15.6. The Hall–Kier alpha value is -8.63. The predicted molar refractivity (Wildman–Crippen MR) is 261 cm³/mol. The van der Waals surface area contributed by atoms with Crippen molar-refractivity contribution < 1.29 is 52.9 Å². The number of ether oxygens (including phenoxy) is 3. The molecule has 23 nitrogen and oxygen atoms in total. The smallest absolute Gasteiger partial charge is 0.338 e. The molecule has 0 atom stereocenters. The van der Waals surface area contributed by atoms with Gasteiger partial charge >= 0.3 is 11.9 Å². The third kappa shape index (κ3) is 12.9. The van der Waals surface area contributed by atoms with Crippen LogP contribution in [0.1, 0.15) is 61.3 Å². The van der Waals surface area contributed by atoms with Crippen LogP contribution in [0.5, 0.6) is 11.5 Å². The van der Waals surface area contributed by atoms with Crippen LogP contribution in [0.3, 0.4) is 0 Å². The summed E-state index contributed by atoms with van der Waals surface area (Å²) in [5, 5.41) is 15.7. The number of carbonyl (C=O) groups excluding carboxylic acids is 6. The Morgan fingerprint density at radius 2 is 1.29 bits per heavy atom. The van der Waals surface area contributed by atoms with Crippen molar-refractivity contribution in [3.63, 3.8) is 0 Å². The van der Waals surface area contributed by atoms with E-state index in [4.69, 9.17) is 25.7 Å². The minimum Gasteiger partial charge on any atom is -0.494 e. The summed E-state index contributed by atoms with van der Waals surface area (Å²) in [6.45, 7) is 7.49. The minimum absolute atomic E-state index is 0.00150. The van der Waals surface area contributed by atoms with Crippen molar-refractivity contribution in [1.82, 2.24) is 28.9 Å². The number of esters is 1. The lowest BCUT2D eigenvalue weighted by atomic mass is 10.2. The molecule has 370 valence electrons. The Morgan fingerprint density at radius 3 is 1.76 bits per heavy atom. The number of carboxylic acids is 1. The predicted octanol–water partition coefficient (Wildman–Crippen LogP) is 3.20. The summed E-state index contributed by atoms with van der Waals surface area (Å²) in [7, 11) is 4.23. The van der Waals surface area contributed by atoms with Gasteiger partial charge in [0.25, 0.3) is 23.6 Å². The molecule has 1 aliphatic rings. The quantitative estimate of drug-likeness (QED) is 0.0234. The van der Waals surface area contributed by atoms with Gasteiger partial charge in [0.15, 0.2) is 0 Å². The van der Waals surface area contributed by atoms with Crippen molar-refractivity contribution in [1.29, 1.82) is 0 Å². The van der Waals surface area contributed by atoms with E-state index >= 15 is 0 Å². The highest BCUT2D eigenvalue weighted by atomic mass is 16.5. The number of nitrogens with two attached hydrogens (primary N) is 2. The summed E-state index contributed by atoms with van der Waals surface area (Å²) in [4.78, 5) is 109. The number of nitrogens with zero attached hydrogens (tertiary/aromatic N) is 8. The number of aliphatic imine (C=N–C) groups is 2. The number of imide groups is 1. The van der Waals surface area contributed by atoms with Gasteiger partial charge in [0.1, 0.15) is 34.0 Å². The number of benzene rings is 2. The fourth-order valence-corrected chi connectivity index (χ4v) is 7.12. The summed E-state index contributed by atoms with van der Waals surface area (Å²) in [5.41, 5.74) is 13.7. The molecule has 5 amide bonds. The molecule has 0 saturated heterocycles. The SMILES string of the molecule is CCN=C(C=C(C)N)C(=O)Nc1nc2cc(C(=O)OC)cc(OC)c2n1C/C=C/Cn1c(NC(=O)C(C=C(C)N)=NCC)nc2cc(C(=O)O)cc(OCCCN(C)C(=O)CCN3C(=O)C=CC3=O)c21. The van der Waals surface area contributed by atoms with Crippen LogP contribution in [-0.2, 0) is 41.8 Å². The van der Waals surface area contributed by atoms with E-state index in [-0.39, 0.29) is 103 Å². The van der Waals surface area contributed by atoms with Gasteiger partial charge in [-0.15, -0.1) is 0 Å². The Bertz CT molecular complexity index is 2880. The second kappa shape index (κ2) is 23.9. The number of methoxy groups -OCH3 is 2. The standard InChI is InChI=1S/C47H56N12O11/c1-8-50-33(21-27(3)48)42(63)54-46-53-32-24-30(45(67)69-7)26-35(68-6)40(32)58(46)17-10-11-18-59-41-31(52-47(59)55-43(64)34(51-9-2)22-28(4)49)23-29(44(65)66)25-36(41)70-20-12-16-56(5)37(60)15-19-57-38(61)13-14-39(57)62/h10-11,13-14,21-26H,8-9,12,15-20,48-49H2,1-7H3,(H,65,66)(H,52,55,64)(H,53,54,63)/b11-10+,27-21?,28-22?,50-33?,51-34?. The summed E-state index contributed by atoms with van der Waals surface area (Å²) >= 11 is 0. The minimum atomic E-state index is -1.27. The highest BCUT2D eigenvalue weighted by Crippen LogP contribution is 2.33. The van der Waals surface area contributed by atoms with Crippen molar-refractivity contribution in [3.8, 4) is 11.5 Å². The maximum Gasteiger partial charge on any atom is 0.338 e. The van der Waals surface area contributed by atoms with Crippen LogP contribution in [-0.4, -0.2) is 141 Å². The second-order valence-corrected chi connectivity index (χ2v) is 15.6. The first kappa shape index (κ1) is 52.3. The lowest BCUT2D eigenvalue weighted by Crippen LogP contribution is -2.36. The molecular weight excluding hydrogens is 909 g/mol. The van der Waals surface area contributed by atoms with Crippen LogP contribution in [0.15, 0.2) is 82.1 Å². The first-order chi connectivity index (χ1) is 33.4. The molecule has 0 aliphatic carbocycles. The summed E-state index contributed by atoms with van der Waals surface area (Å²) in [6.07, 6.45) is 8.81. The Labute approximate surface area is 402 Å². The maximum absolute atomic E-state index is 13.7. The molecule has 0 fully saturated rings. The van der Waals surface area contributed by atoms with Gasteiger partial charge in [-0.2, -0.15) is 0 Å².